The highest BCUT2D eigenvalue weighted by Gasteiger charge is 2.19. The molecule has 0 saturated heterocycles. The molecule has 122 valence electrons. The van der Waals surface area contributed by atoms with E-state index in [4.69, 9.17) is 0 Å². The summed E-state index contributed by atoms with van der Waals surface area (Å²) in [5.74, 6) is 0. The van der Waals surface area contributed by atoms with Crippen molar-refractivity contribution in [1.82, 2.24) is 25.2 Å². The summed E-state index contributed by atoms with van der Waals surface area (Å²) < 4.78 is 1.68. The SMILES string of the molecule is CC(C)n1nnnc1Sc1ccc([N+](=O)[O-])c(-c2ccccc2)n1. The van der Waals surface area contributed by atoms with Crippen molar-refractivity contribution in [3.63, 3.8) is 0 Å². The number of hydrogen-bond acceptors (Lipinski definition) is 7. The quantitative estimate of drug-likeness (QED) is 0.517. The second kappa shape index (κ2) is 6.75. The Balaban J connectivity index is 2.02. The van der Waals surface area contributed by atoms with Crippen LogP contribution in [0.2, 0.25) is 0 Å². The summed E-state index contributed by atoms with van der Waals surface area (Å²) >= 11 is 1.27. The van der Waals surface area contributed by atoms with E-state index in [1.54, 1.807) is 22.9 Å². The number of nitrogens with zero attached hydrogens (tertiary/aromatic N) is 6. The molecule has 1 aromatic carbocycles. The van der Waals surface area contributed by atoms with Gasteiger partial charge < -0.3 is 0 Å². The molecular weight excluding hydrogens is 328 g/mol. The fourth-order valence-electron chi connectivity index (χ4n) is 2.12. The normalized spacial score (nSPS) is 11.0. The van der Waals surface area contributed by atoms with Crippen LogP contribution in [0.3, 0.4) is 0 Å². The molecule has 24 heavy (non-hydrogen) atoms. The summed E-state index contributed by atoms with van der Waals surface area (Å²) in [6.07, 6.45) is 0. The monoisotopic (exact) mass is 342 g/mol. The van der Waals surface area contributed by atoms with Crippen LogP contribution in [0.4, 0.5) is 5.69 Å². The van der Waals surface area contributed by atoms with Crippen molar-refractivity contribution in [2.75, 3.05) is 0 Å². The maximum atomic E-state index is 11.3. The zero-order valence-electron chi connectivity index (χ0n) is 13.0. The second-order valence-corrected chi connectivity index (χ2v) is 6.23. The molecule has 3 rings (SSSR count). The molecule has 0 unspecified atom stereocenters. The van der Waals surface area contributed by atoms with Crippen molar-refractivity contribution in [2.45, 2.75) is 30.1 Å². The van der Waals surface area contributed by atoms with Gasteiger partial charge in [-0.15, -0.1) is 5.10 Å². The van der Waals surface area contributed by atoms with Gasteiger partial charge in [0.15, 0.2) is 0 Å². The Labute approximate surface area is 142 Å². The van der Waals surface area contributed by atoms with Crippen molar-refractivity contribution in [3.8, 4) is 11.3 Å². The molecule has 0 aliphatic heterocycles. The number of tetrazole rings is 1. The summed E-state index contributed by atoms with van der Waals surface area (Å²) in [5, 5.41) is 24.1. The highest BCUT2D eigenvalue weighted by atomic mass is 32.2. The van der Waals surface area contributed by atoms with E-state index in [9.17, 15) is 10.1 Å². The highest BCUT2D eigenvalue weighted by molar-refractivity contribution is 7.99. The van der Waals surface area contributed by atoms with E-state index < -0.39 is 4.92 Å². The topological polar surface area (TPSA) is 99.6 Å². The van der Waals surface area contributed by atoms with Gasteiger partial charge in [0.1, 0.15) is 10.7 Å². The van der Waals surface area contributed by atoms with E-state index >= 15 is 0 Å². The van der Waals surface area contributed by atoms with Gasteiger partial charge >= 0.3 is 0 Å². The van der Waals surface area contributed by atoms with Crippen molar-refractivity contribution < 1.29 is 4.92 Å². The first kappa shape index (κ1) is 16.1. The number of hydrogen-bond donors (Lipinski definition) is 0. The van der Waals surface area contributed by atoms with E-state index in [2.05, 4.69) is 20.5 Å². The molecule has 0 bridgehead atoms. The van der Waals surface area contributed by atoms with Gasteiger partial charge in [-0.05, 0) is 42.1 Å². The lowest BCUT2D eigenvalue weighted by Gasteiger charge is -2.08. The van der Waals surface area contributed by atoms with Crippen LogP contribution in [0.1, 0.15) is 19.9 Å². The molecular formula is C15H14N6O2S. The smallest absolute Gasteiger partial charge is 0.258 e. The fourth-order valence-corrected chi connectivity index (χ4v) is 3.00. The molecule has 2 aromatic heterocycles. The molecule has 0 atom stereocenters. The zero-order chi connectivity index (χ0) is 17.1. The Morgan fingerprint density at radius 3 is 2.58 bits per heavy atom. The zero-order valence-corrected chi connectivity index (χ0v) is 13.8. The molecule has 0 saturated carbocycles. The summed E-state index contributed by atoms with van der Waals surface area (Å²) in [4.78, 5) is 15.3. The summed E-state index contributed by atoms with van der Waals surface area (Å²) in [6.45, 7) is 3.94. The van der Waals surface area contributed by atoms with Gasteiger partial charge in [-0.3, -0.25) is 10.1 Å². The summed E-state index contributed by atoms with van der Waals surface area (Å²) in [6, 6.07) is 12.2. The third-order valence-electron chi connectivity index (χ3n) is 3.24. The minimum Gasteiger partial charge on any atom is -0.258 e. The molecule has 0 aliphatic rings. The van der Waals surface area contributed by atoms with Crippen LogP contribution in [0.5, 0.6) is 0 Å². The van der Waals surface area contributed by atoms with Crippen LogP contribution in [0.25, 0.3) is 11.3 Å². The Kier molecular flexibility index (Phi) is 4.52. The molecule has 0 aliphatic carbocycles. The van der Waals surface area contributed by atoms with Gasteiger partial charge in [0.2, 0.25) is 5.16 Å². The largest absolute Gasteiger partial charge is 0.295 e. The average Bonchev–Trinajstić information content (AvgIpc) is 3.04. The Morgan fingerprint density at radius 1 is 1.17 bits per heavy atom. The van der Waals surface area contributed by atoms with Gasteiger partial charge in [-0.2, -0.15) is 0 Å². The molecule has 0 N–H and O–H groups in total. The third kappa shape index (κ3) is 3.25. The van der Waals surface area contributed by atoms with Crippen LogP contribution in [-0.2, 0) is 0 Å². The van der Waals surface area contributed by atoms with E-state index in [1.165, 1.54) is 17.8 Å². The van der Waals surface area contributed by atoms with Crippen molar-refractivity contribution in [1.29, 1.82) is 0 Å². The van der Waals surface area contributed by atoms with Gasteiger partial charge in [-0.25, -0.2) is 9.67 Å². The van der Waals surface area contributed by atoms with Crippen molar-refractivity contribution in [3.05, 3.63) is 52.6 Å². The van der Waals surface area contributed by atoms with Crippen LogP contribution >= 0.6 is 11.8 Å². The number of benzene rings is 1. The maximum absolute atomic E-state index is 11.3. The predicted molar refractivity (Wildman–Crippen MR) is 88.7 cm³/mol. The number of pyridine rings is 1. The predicted octanol–water partition coefficient (Wildman–Crippen LogP) is 3.38. The fraction of sp³-hybridized carbons (Fsp3) is 0.200. The van der Waals surface area contributed by atoms with Crippen LogP contribution in [0.15, 0.2) is 52.6 Å². The molecule has 0 amide bonds. The molecule has 0 spiro atoms. The molecule has 0 radical (unpaired) electrons. The molecule has 3 aromatic rings. The van der Waals surface area contributed by atoms with E-state index in [1.807, 2.05) is 32.0 Å². The first-order chi connectivity index (χ1) is 11.6. The Morgan fingerprint density at radius 2 is 1.92 bits per heavy atom. The lowest BCUT2D eigenvalue weighted by Crippen LogP contribution is -2.05. The number of aromatic nitrogens is 5. The van der Waals surface area contributed by atoms with Crippen molar-refractivity contribution in [2.24, 2.45) is 0 Å². The van der Waals surface area contributed by atoms with E-state index in [0.717, 1.165) is 0 Å². The Bertz CT molecular complexity index is 865. The maximum Gasteiger partial charge on any atom is 0.295 e. The lowest BCUT2D eigenvalue weighted by molar-refractivity contribution is -0.384. The van der Waals surface area contributed by atoms with Crippen LogP contribution in [0, 0.1) is 10.1 Å². The first-order valence-electron chi connectivity index (χ1n) is 7.23. The number of rotatable bonds is 5. The van der Waals surface area contributed by atoms with Gasteiger partial charge in [0.25, 0.3) is 5.69 Å². The minimum atomic E-state index is -0.429. The highest BCUT2D eigenvalue weighted by Crippen LogP contribution is 2.32. The molecule has 9 heteroatoms. The third-order valence-corrected chi connectivity index (χ3v) is 4.13. The molecule has 0 fully saturated rings. The Hall–Kier alpha value is -2.81. The second-order valence-electron chi connectivity index (χ2n) is 5.24. The molecule has 2 heterocycles. The minimum absolute atomic E-state index is 0.0333. The average molecular weight is 342 g/mol. The summed E-state index contributed by atoms with van der Waals surface area (Å²) in [5.41, 5.74) is 0.985. The first-order valence-corrected chi connectivity index (χ1v) is 8.04. The van der Waals surface area contributed by atoms with Crippen LogP contribution in [-0.4, -0.2) is 30.1 Å². The van der Waals surface area contributed by atoms with E-state index in [0.29, 0.717) is 21.4 Å². The number of nitro groups is 1. The molecule has 8 nitrogen and oxygen atoms in total. The summed E-state index contributed by atoms with van der Waals surface area (Å²) in [7, 11) is 0. The van der Waals surface area contributed by atoms with Crippen LogP contribution < -0.4 is 0 Å². The van der Waals surface area contributed by atoms with E-state index in [-0.39, 0.29) is 11.7 Å². The lowest BCUT2D eigenvalue weighted by atomic mass is 10.1. The van der Waals surface area contributed by atoms with Gasteiger partial charge in [0, 0.05) is 11.6 Å². The van der Waals surface area contributed by atoms with Gasteiger partial charge in [-0.1, -0.05) is 30.3 Å². The van der Waals surface area contributed by atoms with Gasteiger partial charge in [0.05, 0.1) is 11.0 Å². The van der Waals surface area contributed by atoms with Crippen molar-refractivity contribution >= 4 is 17.4 Å². The standard InChI is InChI=1S/C15H14N6O2S/c1-10(2)20-15(17-18-19-20)24-13-9-8-12(21(22)23)14(16-13)11-6-4-3-5-7-11/h3-10H,1-2H3.